The number of piperidine rings is 1. The fourth-order valence-electron chi connectivity index (χ4n) is 6.87. The lowest BCUT2D eigenvalue weighted by Gasteiger charge is -2.42. The fourth-order valence-corrected chi connectivity index (χ4v) is 6.87. The zero-order chi connectivity index (χ0) is 28.2. The van der Waals surface area contributed by atoms with Gasteiger partial charge in [0.2, 0.25) is 11.8 Å². The largest absolute Gasteiger partial charge is 0.391 e. The molecular weight excluding hydrogens is 508 g/mol. The van der Waals surface area contributed by atoms with Crippen LogP contribution in [-0.4, -0.2) is 89.1 Å². The normalized spacial score (nSPS) is 28.6. The fraction of sp³-hybridized carbons (Fsp3) is 0.759. The van der Waals surface area contributed by atoms with E-state index in [1.54, 1.807) is 9.58 Å². The molecule has 0 spiro atoms. The zero-order valence-electron chi connectivity index (χ0n) is 24.2. The van der Waals surface area contributed by atoms with Gasteiger partial charge in [0.05, 0.1) is 29.9 Å². The monoisotopic (exact) mass is 552 g/mol. The number of aliphatic hydroxyl groups is 1. The molecule has 0 aromatic carbocycles. The number of rotatable bonds is 8. The number of hydrogen-bond donors (Lipinski definition) is 2. The second-order valence-electron chi connectivity index (χ2n) is 13.6. The summed E-state index contributed by atoms with van der Waals surface area (Å²) < 4.78 is 3.77. The summed E-state index contributed by atoms with van der Waals surface area (Å²) in [5.41, 5.74) is 1.66. The van der Waals surface area contributed by atoms with Gasteiger partial charge in [0, 0.05) is 50.9 Å². The molecule has 11 heteroatoms. The SMILES string of the molecule is Cn1cncc1[C@@H]1[C@@H](CNC(=O)C2CC(O)CN2C(=O)[C@@H](n2cc(C3CC3)nn2)C(C)(C)C)CCCN1C1CC1. The van der Waals surface area contributed by atoms with Crippen molar-refractivity contribution in [3.05, 3.63) is 30.1 Å². The molecule has 0 radical (unpaired) electrons. The summed E-state index contributed by atoms with van der Waals surface area (Å²) in [6.07, 6.45) is 12.0. The molecule has 40 heavy (non-hydrogen) atoms. The van der Waals surface area contributed by atoms with Gasteiger partial charge in [-0.25, -0.2) is 9.67 Å². The van der Waals surface area contributed by atoms with Crippen LogP contribution in [0.3, 0.4) is 0 Å². The minimum atomic E-state index is -0.736. The van der Waals surface area contributed by atoms with Crippen molar-refractivity contribution in [2.75, 3.05) is 19.6 Å². The smallest absolute Gasteiger partial charge is 0.248 e. The van der Waals surface area contributed by atoms with E-state index in [0.29, 0.717) is 18.5 Å². The number of β-amino-alcohol motifs (C(OH)–C–C–N with tert-alkyl or cyclic N) is 1. The van der Waals surface area contributed by atoms with Crippen molar-refractivity contribution < 1.29 is 14.7 Å². The highest BCUT2D eigenvalue weighted by Gasteiger charge is 2.46. The highest BCUT2D eigenvalue weighted by Crippen LogP contribution is 2.43. The lowest BCUT2D eigenvalue weighted by molar-refractivity contribution is -0.144. The highest BCUT2D eigenvalue weighted by atomic mass is 16.3. The number of likely N-dealkylation sites (tertiary alicyclic amines) is 2. The molecule has 2 saturated carbocycles. The van der Waals surface area contributed by atoms with Crippen molar-refractivity contribution in [1.29, 1.82) is 0 Å². The Kier molecular flexibility index (Phi) is 7.23. The maximum absolute atomic E-state index is 14.1. The van der Waals surface area contributed by atoms with E-state index < -0.39 is 23.6 Å². The number of imidazole rings is 1. The number of nitrogens with zero attached hydrogens (tertiary/aromatic N) is 7. The van der Waals surface area contributed by atoms with Gasteiger partial charge >= 0.3 is 0 Å². The number of aryl methyl sites for hydroxylation is 1. The van der Waals surface area contributed by atoms with Crippen LogP contribution < -0.4 is 5.32 Å². The molecule has 2 amide bonds. The van der Waals surface area contributed by atoms with Gasteiger partial charge in [0.25, 0.3) is 0 Å². The van der Waals surface area contributed by atoms with E-state index in [2.05, 4.69) is 30.1 Å². The topological polar surface area (TPSA) is 121 Å². The van der Waals surface area contributed by atoms with Gasteiger partial charge in [-0.3, -0.25) is 14.5 Å². The van der Waals surface area contributed by atoms with Crippen LogP contribution in [0.25, 0.3) is 0 Å². The molecule has 2 aromatic rings. The van der Waals surface area contributed by atoms with Crippen molar-refractivity contribution in [2.45, 2.75) is 102 Å². The highest BCUT2D eigenvalue weighted by molar-refractivity contribution is 5.90. The predicted octanol–water partition coefficient (Wildman–Crippen LogP) is 2.17. The molecule has 2 aliphatic heterocycles. The van der Waals surface area contributed by atoms with Gasteiger partial charge in [0.15, 0.2) is 0 Å². The Balaban J connectivity index is 1.17. The van der Waals surface area contributed by atoms with E-state index in [1.165, 1.54) is 18.5 Å². The summed E-state index contributed by atoms with van der Waals surface area (Å²) in [4.78, 5) is 36.3. The molecule has 6 rings (SSSR count). The predicted molar refractivity (Wildman–Crippen MR) is 148 cm³/mol. The van der Waals surface area contributed by atoms with Gasteiger partial charge in [-0.2, -0.15) is 0 Å². The quantitative estimate of drug-likeness (QED) is 0.515. The summed E-state index contributed by atoms with van der Waals surface area (Å²) in [5.74, 6) is 0.300. The van der Waals surface area contributed by atoms with Crippen LogP contribution >= 0.6 is 0 Å². The maximum Gasteiger partial charge on any atom is 0.248 e. The average molecular weight is 553 g/mol. The molecule has 218 valence electrons. The van der Waals surface area contributed by atoms with E-state index in [0.717, 1.165) is 37.9 Å². The molecule has 4 fully saturated rings. The molecule has 11 nitrogen and oxygen atoms in total. The first-order chi connectivity index (χ1) is 19.1. The van der Waals surface area contributed by atoms with Crippen LogP contribution in [0.4, 0.5) is 0 Å². The molecule has 4 aliphatic rings. The Labute approximate surface area is 236 Å². The number of nitrogens with one attached hydrogen (secondary N) is 1. The standard InChI is InChI=1S/C29H44N8O3/c1-29(2,3)26(37-16-22(32-33-37)18-7-8-18)28(40)36-15-21(38)12-23(36)27(39)31-13-19-6-5-11-35(20-9-10-20)25(19)24-14-30-17-34(24)4/h14,16-21,23,25-26,38H,5-13,15H2,1-4H3,(H,31,39)/t19-,21?,23?,25+,26-/m1/s1. The first-order valence-electron chi connectivity index (χ1n) is 15.0. The zero-order valence-corrected chi connectivity index (χ0v) is 24.2. The lowest BCUT2D eigenvalue weighted by atomic mass is 9.85. The number of carbonyl (C=O) groups is 2. The Bertz CT molecular complexity index is 1230. The van der Waals surface area contributed by atoms with E-state index in [4.69, 9.17) is 0 Å². The van der Waals surface area contributed by atoms with Crippen molar-refractivity contribution in [3.8, 4) is 0 Å². The molecule has 2 aromatic heterocycles. The number of aromatic nitrogens is 5. The van der Waals surface area contributed by atoms with Crippen molar-refractivity contribution in [2.24, 2.45) is 18.4 Å². The minimum absolute atomic E-state index is 0.143. The van der Waals surface area contributed by atoms with Crippen molar-refractivity contribution in [3.63, 3.8) is 0 Å². The summed E-state index contributed by atoms with van der Waals surface area (Å²) in [7, 11) is 2.04. The van der Waals surface area contributed by atoms with Gasteiger partial charge in [0.1, 0.15) is 12.1 Å². The average Bonchev–Trinajstić information content (AvgIpc) is 3.81. The van der Waals surface area contributed by atoms with Gasteiger partial charge in [-0.05, 0) is 56.4 Å². The van der Waals surface area contributed by atoms with Crippen LogP contribution in [0.5, 0.6) is 0 Å². The van der Waals surface area contributed by atoms with Crippen LogP contribution in [0.2, 0.25) is 0 Å². The Morgan fingerprint density at radius 1 is 1.18 bits per heavy atom. The second kappa shape index (κ2) is 10.6. The van der Waals surface area contributed by atoms with E-state index in [9.17, 15) is 14.7 Å². The number of carbonyl (C=O) groups excluding carboxylic acids is 2. The molecule has 0 bridgehead atoms. The molecule has 2 unspecified atom stereocenters. The summed E-state index contributed by atoms with van der Waals surface area (Å²) in [5, 5.41) is 22.5. The first kappa shape index (κ1) is 27.4. The molecular formula is C29H44N8O3. The van der Waals surface area contributed by atoms with E-state index >= 15 is 0 Å². The molecule has 2 saturated heterocycles. The third-order valence-electron chi connectivity index (χ3n) is 9.21. The third kappa shape index (κ3) is 5.42. The van der Waals surface area contributed by atoms with E-state index in [-0.39, 0.29) is 36.7 Å². The number of hydrogen-bond acceptors (Lipinski definition) is 7. The first-order valence-corrected chi connectivity index (χ1v) is 15.0. The van der Waals surface area contributed by atoms with Gasteiger partial charge in [-0.15, -0.1) is 5.10 Å². The third-order valence-corrected chi connectivity index (χ3v) is 9.21. The van der Waals surface area contributed by atoms with Crippen LogP contribution in [0, 0.1) is 11.3 Å². The number of amides is 2. The minimum Gasteiger partial charge on any atom is -0.391 e. The molecule has 5 atom stereocenters. The lowest BCUT2D eigenvalue weighted by Crippen LogP contribution is -2.52. The summed E-state index contributed by atoms with van der Waals surface area (Å²) in [6, 6.07) is -0.507. The van der Waals surface area contributed by atoms with Gasteiger partial charge in [-0.1, -0.05) is 26.0 Å². The van der Waals surface area contributed by atoms with Crippen LogP contribution in [-0.2, 0) is 16.6 Å². The maximum atomic E-state index is 14.1. The second-order valence-corrected chi connectivity index (χ2v) is 13.6. The Morgan fingerprint density at radius 3 is 2.60 bits per heavy atom. The Hall–Kier alpha value is -2.79. The molecule has 2 aliphatic carbocycles. The van der Waals surface area contributed by atoms with E-state index in [1.807, 2.05) is 46.5 Å². The summed E-state index contributed by atoms with van der Waals surface area (Å²) in [6.45, 7) is 7.75. The van der Waals surface area contributed by atoms with Crippen molar-refractivity contribution in [1.82, 2.24) is 39.7 Å². The van der Waals surface area contributed by atoms with Crippen LogP contribution in [0.15, 0.2) is 18.7 Å². The molecule has 2 N–H and O–H groups in total. The van der Waals surface area contributed by atoms with Crippen LogP contribution in [0.1, 0.15) is 95.1 Å². The van der Waals surface area contributed by atoms with Crippen molar-refractivity contribution >= 4 is 11.8 Å². The molecule has 4 heterocycles. The Morgan fingerprint density at radius 2 is 1.95 bits per heavy atom. The number of aliphatic hydroxyl groups excluding tert-OH is 1. The van der Waals surface area contributed by atoms with Gasteiger partial charge < -0.3 is 19.9 Å². The summed E-state index contributed by atoms with van der Waals surface area (Å²) >= 11 is 0.